The molecule has 0 spiro atoms. The first-order chi connectivity index (χ1) is 10.0. The van der Waals surface area contributed by atoms with E-state index in [1.165, 1.54) is 24.3 Å². The van der Waals surface area contributed by atoms with Crippen LogP contribution < -0.4 is 16.2 Å². The summed E-state index contributed by atoms with van der Waals surface area (Å²) in [4.78, 5) is 11.3. The van der Waals surface area contributed by atoms with Crippen LogP contribution in [-0.4, -0.2) is 5.91 Å². The number of carbonyl (C=O) groups excluding carboxylic acids is 1. The molecular formula is C15H12FN3O2. The molecule has 0 saturated carbocycles. The van der Waals surface area contributed by atoms with Crippen LogP contribution in [-0.2, 0) is 6.61 Å². The van der Waals surface area contributed by atoms with E-state index in [9.17, 15) is 9.18 Å². The Morgan fingerprint density at radius 2 is 2.10 bits per heavy atom. The summed E-state index contributed by atoms with van der Waals surface area (Å²) in [5, 5.41) is 8.77. The summed E-state index contributed by atoms with van der Waals surface area (Å²) in [7, 11) is 0. The molecule has 0 unspecified atom stereocenters. The highest BCUT2D eigenvalue weighted by atomic mass is 19.1. The van der Waals surface area contributed by atoms with Crippen molar-refractivity contribution >= 4 is 11.6 Å². The fourth-order valence-electron chi connectivity index (χ4n) is 1.80. The van der Waals surface area contributed by atoms with E-state index in [0.29, 0.717) is 5.69 Å². The van der Waals surface area contributed by atoms with E-state index >= 15 is 0 Å². The first-order valence-corrected chi connectivity index (χ1v) is 6.02. The van der Waals surface area contributed by atoms with E-state index < -0.39 is 11.7 Å². The largest absolute Gasteiger partial charge is 0.488 e. The maximum Gasteiger partial charge on any atom is 0.252 e. The molecule has 4 N–H and O–H groups in total. The number of hydrogen-bond donors (Lipinski definition) is 2. The average molecular weight is 285 g/mol. The molecule has 21 heavy (non-hydrogen) atoms. The molecule has 0 radical (unpaired) electrons. The summed E-state index contributed by atoms with van der Waals surface area (Å²) in [5.41, 5.74) is 11.4. The number of ether oxygens (including phenoxy) is 1. The molecule has 1 amide bonds. The molecule has 0 fully saturated rings. The van der Waals surface area contributed by atoms with Crippen LogP contribution in [0.3, 0.4) is 0 Å². The van der Waals surface area contributed by atoms with E-state index in [0.717, 1.165) is 0 Å². The Kier molecular flexibility index (Phi) is 4.05. The van der Waals surface area contributed by atoms with Crippen molar-refractivity contribution in [3.05, 3.63) is 58.9 Å². The van der Waals surface area contributed by atoms with Gasteiger partial charge in [0.05, 0.1) is 11.1 Å². The third kappa shape index (κ3) is 3.09. The van der Waals surface area contributed by atoms with Crippen LogP contribution in [0.25, 0.3) is 0 Å². The number of nitriles is 1. The zero-order chi connectivity index (χ0) is 15.4. The van der Waals surface area contributed by atoms with Gasteiger partial charge in [0.2, 0.25) is 0 Å². The van der Waals surface area contributed by atoms with E-state index in [4.69, 9.17) is 21.5 Å². The molecule has 2 rings (SSSR count). The number of nitrogens with two attached hydrogens (primary N) is 2. The third-order valence-electron chi connectivity index (χ3n) is 2.85. The van der Waals surface area contributed by atoms with Crippen molar-refractivity contribution in [1.29, 1.82) is 5.26 Å². The highest BCUT2D eigenvalue weighted by molar-refractivity contribution is 5.96. The molecule has 2 aromatic rings. The Morgan fingerprint density at radius 1 is 1.33 bits per heavy atom. The van der Waals surface area contributed by atoms with Crippen molar-refractivity contribution in [2.45, 2.75) is 6.61 Å². The Hall–Kier alpha value is -3.07. The quantitative estimate of drug-likeness (QED) is 0.838. The van der Waals surface area contributed by atoms with Gasteiger partial charge in [0, 0.05) is 11.3 Å². The summed E-state index contributed by atoms with van der Waals surface area (Å²) in [5.74, 6) is -1.13. The molecule has 0 aliphatic rings. The Balaban J connectivity index is 2.25. The molecule has 5 nitrogen and oxygen atoms in total. The number of rotatable bonds is 4. The predicted molar refractivity (Wildman–Crippen MR) is 74.8 cm³/mol. The van der Waals surface area contributed by atoms with Crippen LogP contribution in [0.5, 0.6) is 5.75 Å². The van der Waals surface area contributed by atoms with Gasteiger partial charge in [-0.1, -0.05) is 12.1 Å². The van der Waals surface area contributed by atoms with Gasteiger partial charge in [-0.2, -0.15) is 5.26 Å². The van der Waals surface area contributed by atoms with Gasteiger partial charge in [-0.3, -0.25) is 4.79 Å². The number of halogens is 1. The van der Waals surface area contributed by atoms with Crippen LogP contribution in [0, 0.1) is 17.1 Å². The average Bonchev–Trinajstić information content (AvgIpc) is 2.47. The van der Waals surface area contributed by atoms with Crippen molar-refractivity contribution < 1.29 is 13.9 Å². The molecule has 0 saturated heterocycles. The normalized spacial score (nSPS) is 9.90. The summed E-state index contributed by atoms with van der Waals surface area (Å²) in [6, 6.07) is 10.6. The fourth-order valence-corrected chi connectivity index (χ4v) is 1.80. The van der Waals surface area contributed by atoms with Crippen LogP contribution in [0.15, 0.2) is 36.4 Å². The SMILES string of the molecule is N#Cc1cccc(COc2ccc(N)cc2C(N)=O)c1F. The number of nitrogens with zero attached hydrogens (tertiary/aromatic N) is 1. The highest BCUT2D eigenvalue weighted by Crippen LogP contribution is 2.23. The van der Waals surface area contributed by atoms with Gasteiger partial charge in [-0.05, 0) is 24.3 Å². The Bertz CT molecular complexity index is 738. The third-order valence-corrected chi connectivity index (χ3v) is 2.85. The zero-order valence-electron chi connectivity index (χ0n) is 11.0. The molecule has 2 aromatic carbocycles. The first-order valence-electron chi connectivity index (χ1n) is 6.02. The minimum absolute atomic E-state index is 0.0662. The zero-order valence-corrected chi connectivity index (χ0v) is 11.0. The van der Waals surface area contributed by atoms with Crippen LogP contribution in [0.1, 0.15) is 21.5 Å². The number of primary amides is 1. The second kappa shape index (κ2) is 5.92. The lowest BCUT2D eigenvalue weighted by atomic mass is 10.1. The monoisotopic (exact) mass is 285 g/mol. The molecule has 0 aliphatic heterocycles. The smallest absolute Gasteiger partial charge is 0.252 e. The maximum absolute atomic E-state index is 13.9. The predicted octanol–water partition coefficient (Wildman–Crippen LogP) is 1.96. The highest BCUT2D eigenvalue weighted by Gasteiger charge is 2.12. The lowest BCUT2D eigenvalue weighted by Crippen LogP contribution is -2.13. The molecule has 0 aliphatic carbocycles. The number of amides is 1. The number of carbonyl (C=O) groups is 1. The topological polar surface area (TPSA) is 102 Å². The van der Waals surface area contributed by atoms with E-state index in [1.807, 2.05) is 0 Å². The second-order valence-electron chi connectivity index (χ2n) is 4.30. The molecule has 0 aromatic heterocycles. The van der Waals surface area contributed by atoms with Crippen molar-refractivity contribution in [3.63, 3.8) is 0 Å². The van der Waals surface area contributed by atoms with Gasteiger partial charge in [0.1, 0.15) is 24.2 Å². The first kappa shape index (κ1) is 14.3. The minimum Gasteiger partial charge on any atom is -0.488 e. The number of anilines is 1. The maximum atomic E-state index is 13.9. The van der Waals surface area contributed by atoms with Crippen LogP contribution >= 0.6 is 0 Å². The fraction of sp³-hybridized carbons (Fsp3) is 0.0667. The summed E-state index contributed by atoms with van der Waals surface area (Å²) in [6.45, 7) is -0.133. The Labute approximate surface area is 120 Å². The summed E-state index contributed by atoms with van der Waals surface area (Å²) < 4.78 is 19.3. The van der Waals surface area contributed by atoms with Gasteiger partial charge in [-0.25, -0.2) is 4.39 Å². The van der Waals surface area contributed by atoms with Crippen molar-refractivity contribution in [1.82, 2.24) is 0 Å². The number of hydrogen-bond acceptors (Lipinski definition) is 4. The summed E-state index contributed by atoms with van der Waals surface area (Å²) in [6.07, 6.45) is 0. The molecule has 0 atom stereocenters. The van der Waals surface area contributed by atoms with E-state index in [-0.39, 0.29) is 29.0 Å². The van der Waals surface area contributed by atoms with Gasteiger partial charge in [0.25, 0.3) is 5.91 Å². The van der Waals surface area contributed by atoms with E-state index in [2.05, 4.69) is 0 Å². The minimum atomic E-state index is -0.691. The molecular weight excluding hydrogens is 273 g/mol. The van der Waals surface area contributed by atoms with Crippen LogP contribution in [0.2, 0.25) is 0 Å². The lowest BCUT2D eigenvalue weighted by molar-refractivity contribution is 0.0996. The summed E-state index contributed by atoms with van der Waals surface area (Å²) >= 11 is 0. The van der Waals surface area contributed by atoms with Crippen molar-refractivity contribution in [2.24, 2.45) is 5.73 Å². The molecule has 106 valence electrons. The molecule has 0 heterocycles. The van der Waals surface area contributed by atoms with Gasteiger partial charge in [-0.15, -0.1) is 0 Å². The van der Waals surface area contributed by atoms with Gasteiger partial charge < -0.3 is 16.2 Å². The van der Waals surface area contributed by atoms with Crippen molar-refractivity contribution in [3.8, 4) is 11.8 Å². The Morgan fingerprint density at radius 3 is 2.76 bits per heavy atom. The van der Waals surface area contributed by atoms with Gasteiger partial charge >= 0.3 is 0 Å². The van der Waals surface area contributed by atoms with Gasteiger partial charge in [0.15, 0.2) is 0 Å². The molecule has 6 heteroatoms. The number of benzene rings is 2. The second-order valence-corrected chi connectivity index (χ2v) is 4.30. The standard InChI is InChI=1S/C15H12FN3O2/c16-14-9(7-17)2-1-3-10(14)8-21-13-5-4-11(18)6-12(13)15(19)20/h1-6H,8,18H2,(H2,19,20). The van der Waals surface area contributed by atoms with Crippen LogP contribution in [0.4, 0.5) is 10.1 Å². The van der Waals surface area contributed by atoms with Crippen molar-refractivity contribution in [2.75, 3.05) is 5.73 Å². The van der Waals surface area contributed by atoms with E-state index in [1.54, 1.807) is 18.2 Å². The lowest BCUT2D eigenvalue weighted by Gasteiger charge is -2.11. The molecule has 0 bridgehead atoms. The number of nitrogen functional groups attached to an aromatic ring is 1.